The van der Waals surface area contributed by atoms with E-state index in [1.807, 2.05) is 0 Å². The topological polar surface area (TPSA) is 51.2 Å². The van der Waals surface area contributed by atoms with Crippen LogP contribution in [0.1, 0.15) is 20.8 Å². The van der Waals surface area contributed by atoms with Gasteiger partial charge in [0.15, 0.2) is 0 Å². The van der Waals surface area contributed by atoms with Gasteiger partial charge in [0.1, 0.15) is 6.10 Å². The molecule has 0 aromatic carbocycles. The minimum Gasteiger partial charge on any atom is -0.391 e. The van der Waals surface area contributed by atoms with Gasteiger partial charge in [0.05, 0.1) is 39.1 Å². The highest BCUT2D eigenvalue weighted by atomic mass is 16.6. The summed E-state index contributed by atoms with van der Waals surface area (Å²) >= 11 is 0. The molecule has 0 bridgehead atoms. The van der Waals surface area contributed by atoms with Gasteiger partial charge in [0, 0.05) is 5.41 Å². The third-order valence-corrected chi connectivity index (χ3v) is 2.05. The molecule has 2 atom stereocenters. The van der Waals surface area contributed by atoms with Crippen molar-refractivity contribution >= 4 is 0 Å². The summed E-state index contributed by atoms with van der Waals surface area (Å²) in [4.78, 5) is 0. The van der Waals surface area contributed by atoms with E-state index in [0.29, 0.717) is 32.5 Å². The first-order valence-corrected chi connectivity index (χ1v) is 5.45. The average Bonchev–Trinajstić information content (AvgIpc) is 2.86. The van der Waals surface area contributed by atoms with Crippen molar-refractivity contribution in [3.05, 3.63) is 0 Å². The monoisotopic (exact) mass is 218 g/mol. The number of aliphatic hydroxyl groups excluding tert-OH is 1. The van der Waals surface area contributed by atoms with Gasteiger partial charge in [0.25, 0.3) is 0 Å². The van der Waals surface area contributed by atoms with Crippen molar-refractivity contribution < 1.29 is 19.3 Å². The number of hydrogen-bond acceptors (Lipinski definition) is 4. The molecule has 2 unspecified atom stereocenters. The molecule has 1 rings (SSSR count). The molecular weight excluding hydrogens is 196 g/mol. The summed E-state index contributed by atoms with van der Waals surface area (Å²) in [7, 11) is 0. The minimum atomic E-state index is -0.401. The quantitative estimate of drug-likeness (QED) is 0.613. The molecule has 1 saturated heterocycles. The Morgan fingerprint density at radius 1 is 1.40 bits per heavy atom. The van der Waals surface area contributed by atoms with Crippen LogP contribution in [0.2, 0.25) is 0 Å². The maximum absolute atomic E-state index is 9.03. The lowest BCUT2D eigenvalue weighted by Crippen LogP contribution is -2.28. The van der Waals surface area contributed by atoms with E-state index in [-0.39, 0.29) is 5.41 Å². The van der Waals surface area contributed by atoms with Crippen LogP contribution in [0.25, 0.3) is 0 Å². The highest BCUT2D eigenvalue weighted by Gasteiger charge is 2.25. The highest BCUT2D eigenvalue weighted by molar-refractivity contribution is 4.71. The van der Waals surface area contributed by atoms with Crippen molar-refractivity contribution in [2.24, 2.45) is 5.41 Å². The molecule has 1 N–H and O–H groups in total. The standard InChI is InChI=1S/C11H22O4/c1-9(12)4-13-7-11(2,3)8-14-5-10-6-15-10/h9-10,12H,4-8H2,1-3H3. The summed E-state index contributed by atoms with van der Waals surface area (Å²) < 4.78 is 15.9. The van der Waals surface area contributed by atoms with Gasteiger partial charge >= 0.3 is 0 Å². The van der Waals surface area contributed by atoms with Crippen molar-refractivity contribution in [3.8, 4) is 0 Å². The number of rotatable bonds is 8. The first kappa shape index (κ1) is 12.9. The highest BCUT2D eigenvalue weighted by Crippen LogP contribution is 2.17. The van der Waals surface area contributed by atoms with Crippen LogP contribution in [-0.4, -0.2) is 50.3 Å². The van der Waals surface area contributed by atoms with Crippen LogP contribution < -0.4 is 0 Å². The molecule has 0 spiro atoms. The maximum atomic E-state index is 9.03. The van der Waals surface area contributed by atoms with Gasteiger partial charge in [-0.15, -0.1) is 0 Å². The lowest BCUT2D eigenvalue weighted by atomic mass is 9.96. The minimum absolute atomic E-state index is 0.0101. The van der Waals surface area contributed by atoms with Gasteiger partial charge in [-0.25, -0.2) is 0 Å². The van der Waals surface area contributed by atoms with E-state index in [4.69, 9.17) is 19.3 Å². The Bertz CT molecular complexity index is 165. The normalized spacial score (nSPS) is 22.8. The molecule has 4 heteroatoms. The Hall–Kier alpha value is -0.160. The summed E-state index contributed by atoms with van der Waals surface area (Å²) in [6.07, 6.45) is -0.0826. The molecule has 1 fully saturated rings. The number of epoxide rings is 1. The first-order valence-electron chi connectivity index (χ1n) is 5.45. The number of hydrogen-bond donors (Lipinski definition) is 1. The predicted molar refractivity (Wildman–Crippen MR) is 56.8 cm³/mol. The molecule has 0 aromatic rings. The maximum Gasteiger partial charge on any atom is 0.104 e. The average molecular weight is 218 g/mol. The fourth-order valence-corrected chi connectivity index (χ4v) is 1.18. The van der Waals surface area contributed by atoms with E-state index in [1.165, 1.54) is 0 Å². The van der Waals surface area contributed by atoms with Crippen molar-refractivity contribution in [2.45, 2.75) is 33.0 Å². The van der Waals surface area contributed by atoms with Gasteiger partial charge in [-0.3, -0.25) is 0 Å². The Balaban J connectivity index is 2.01. The van der Waals surface area contributed by atoms with Gasteiger partial charge < -0.3 is 19.3 Å². The largest absolute Gasteiger partial charge is 0.391 e. The van der Waals surface area contributed by atoms with E-state index < -0.39 is 6.10 Å². The van der Waals surface area contributed by atoms with Crippen molar-refractivity contribution in [2.75, 3.05) is 33.0 Å². The van der Waals surface area contributed by atoms with E-state index >= 15 is 0 Å². The predicted octanol–water partition coefficient (Wildman–Crippen LogP) is 0.825. The SMILES string of the molecule is CC(O)COCC(C)(C)COCC1CO1. The fraction of sp³-hybridized carbons (Fsp3) is 1.00. The fourth-order valence-electron chi connectivity index (χ4n) is 1.18. The molecule has 0 saturated carbocycles. The first-order chi connectivity index (χ1) is 6.99. The van der Waals surface area contributed by atoms with E-state index in [1.54, 1.807) is 6.92 Å². The van der Waals surface area contributed by atoms with Gasteiger partial charge in [-0.05, 0) is 6.92 Å². The van der Waals surface area contributed by atoms with Crippen molar-refractivity contribution in [1.82, 2.24) is 0 Å². The molecule has 15 heavy (non-hydrogen) atoms. The Kier molecular flexibility index (Phi) is 4.99. The molecule has 0 radical (unpaired) electrons. The molecule has 0 aliphatic carbocycles. The Morgan fingerprint density at radius 2 is 2.00 bits per heavy atom. The second-order valence-electron chi connectivity index (χ2n) is 5.00. The summed E-state index contributed by atoms with van der Waals surface area (Å²) in [6, 6.07) is 0. The zero-order chi connectivity index (χ0) is 11.3. The molecule has 0 aromatic heterocycles. The van der Waals surface area contributed by atoms with Crippen LogP contribution in [0.15, 0.2) is 0 Å². The van der Waals surface area contributed by atoms with Crippen LogP contribution >= 0.6 is 0 Å². The van der Waals surface area contributed by atoms with Gasteiger partial charge in [-0.1, -0.05) is 13.8 Å². The summed E-state index contributed by atoms with van der Waals surface area (Å²) in [5.41, 5.74) is -0.0101. The van der Waals surface area contributed by atoms with E-state index in [0.717, 1.165) is 6.61 Å². The summed E-state index contributed by atoms with van der Waals surface area (Å²) in [5, 5.41) is 9.03. The molecule has 1 aliphatic rings. The molecule has 90 valence electrons. The smallest absolute Gasteiger partial charge is 0.104 e. The number of ether oxygens (including phenoxy) is 3. The molecule has 0 amide bonds. The summed E-state index contributed by atoms with van der Waals surface area (Å²) in [6.45, 7) is 9.05. The second-order valence-corrected chi connectivity index (χ2v) is 5.00. The van der Waals surface area contributed by atoms with E-state index in [9.17, 15) is 0 Å². The van der Waals surface area contributed by atoms with Crippen molar-refractivity contribution in [1.29, 1.82) is 0 Å². The molecular formula is C11H22O4. The third-order valence-electron chi connectivity index (χ3n) is 2.05. The lowest BCUT2D eigenvalue weighted by Gasteiger charge is -2.24. The van der Waals surface area contributed by atoms with Crippen LogP contribution in [-0.2, 0) is 14.2 Å². The summed E-state index contributed by atoms with van der Waals surface area (Å²) in [5.74, 6) is 0. The van der Waals surface area contributed by atoms with Gasteiger partial charge in [0.2, 0.25) is 0 Å². The lowest BCUT2D eigenvalue weighted by molar-refractivity contribution is -0.0285. The van der Waals surface area contributed by atoms with Crippen LogP contribution in [0.5, 0.6) is 0 Å². The molecule has 1 heterocycles. The van der Waals surface area contributed by atoms with Crippen LogP contribution in [0.3, 0.4) is 0 Å². The van der Waals surface area contributed by atoms with E-state index in [2.05, 4.69) is 13.8 Å². The zero-order valence-corrected chi connectivity index (χ0v) is 9.86. The Labute approximate surface area is 91.5 Å². The Morgan fingerprint density at radius 3 is 2.53 bits per heavy atom. The third kappa shape index (κ3) is 6.84. The van der Waals surface area contributed by atoms with Crippen molar-refractivity contribution in [3.63, 3.8) is 0 Å². The molecule has 1 aliphatic heterocycles. The van der Waals surface area contributed by atoms with Crippen LogP contribution in [0.4, 0.5) is 0 Å². The van der Waals surface area contributed by atoms with Gasteiger partial charge in [-0.2, -0.15) is 0 Å². The molecule has 4 nitrogen and oxygen atoms in total. The van der Waals surface area contributed by atoms with Crippen LogP contribution in [0, 0.1) is 5.41 Å². The second kappa shape index (κ2) is 5.80. The zero-order valence-electron chi connectivity index (χ0n) is 9.86. The number of aliphatic hydroxyl groups is 1.